The van der Waals surface area contributed by atoms with E-state index in [0.717, 1.165) is 23.4 Å². The van der Waals surface area contributed by atoms with Crippen LogP contribution in [0.25, 0.3) is 0 Å². The van der Waals surface area contributed by atoms with Gasteiger partial charge >= 0.3 is 0 Å². The molecule has 0 aliphatic rings. The molecule has 22 heavy (non-hydrogen) atoms. The van der Waals surface area contributed by atoms with Crippen molar-refractivity contribution < 1.29 is 9.53 Å². The molecule has 1 N–H and O–H groups in total. The van der Waals surface area contributed by atoms with E-state index < -0.39 is 0 Å². The fourth-order valence-electron chi connectivity index (χ4n) is 2.29. The highest BCUT2D eigenvalue weighted by Gasteiger charge is 2.18. The molecule has 1 amide bonds. The van der Waals surface area contributed by atoms with E-state index in [1.807, 2.05) is 58.0 Å². The number of aromatic nitrogens is 1. The van der Waals surface area contributed by atoms with E-state index in [2.05, 4.69) is 10.3 Å². The number of aryl methyl sites for hydroxylation is 3. The highest BCUT2D eigenvalue weighted by atomic mass is 16.5. The Morgan fingerprint density at radius 2 is 1.95 bits per heavy atom. The molecular formula is C18H22N2O2. The summed E-state index contributed by atoms with van der Waals surface area (Å²) >= 11 is 0. The molecule has 4 heteroatoms. The molecule has 0 fully saturated rings. The number of amides is 1. The smallest absolute Gasteiger partial charge is 0.261 e. The number of pyridine rings is 1. The molecule has 2 aromatic rings. The zero-order valence-electron chi connectivity index (χ0n) is 13.6. The number of carbonyl (C=O) groups is 1. The van der Waals surface area contributed by atoms with Gasteiger partial charge in [-0.05, 0) is 38.8 Å². The lowest BCUT2D eigenvalue weighted by atomic mass is 10.1. The number of hydrogen-bond donors (Lipinski definition) is 1. The van der Waals surface area contributed by atoms with Crippen LogP contribution in [0, 0.1) is 20.8 Å². The largest absolute Gasteiger partial charge is 0.493 e. The molecule has 1 heterocycles. The van der Waals surface area contributed by atoms with Gasteiger partial charge in [-0.3, -0.25) is 9.78 Å². The van der Waals surface area contributed by atoms with Crippen LogP contribution in [0.4, 0.5) is 5.69 Å². The van der Waals surface area contributed by atoms with Gasteiger partial charge in [0, 0.05) is 17.4 Å². The summed E-state index contributed by atoms with van der Waals surface area (Å²) in [7, 11) is 0. The number of ether oxygens (including phenoxy) is 1. The van der Waals surface area contributed by atoms with Crippen LogP contribution < -0.4 is 10.1 Å². The Morgan fingerprint density at radius 1 is 1.23 bits per heavy atom. The Labute approximate surface area is 131 Å². The maximum Gasteiger partial charge on any atom is 0.261 e. The zero-order valence-corrected chi connectivity index (χ0v) is 13.6. The van der Waals surface area contributed by atoms with Gasteiger partial charge in [-0.1, -0.05) is 25.1 Å². The minimum atomic E-state index is -0.189. The van der Waals surface area contributed by atoms with Gasteiger partial charge in [0.25, 0.3) is 5.91 Å². The lowest BCUT2D eigenvalue weighted by Crippen LogP contribution is -2.17. The van der Waals surface area contributed by atoms with E-state index in [-0.39, 0.29) is 5.91 Å². The minimum absolute atomic E-state index is 0.189. The normalized spacial score (nSPS) is 10.4. The molecule has 0 atom stereocenters. The molecule has 0 unspecified atom stereocenters. The van der Waals surface area contributed by atoms with E-state index in [4.69, 9.17) is 4.74 Å². The number of nitrogens with zero attached hydrogens (tertiary/aromatic N) is 1. The van der Waals surface area contributed by atoms with Crippen molar-refractivity contribution in [1.29, 1.82) is 0 Å². The van der Waals surface area contributed by atoms with Crippen molar-refractivity contribution >= 4 is 11.6 Å². The van der Waals surface area contributed by atoms with Gasteiger partial charge in [0.15, 0.2) is 0 Å². The number of carbonyl (C=O) groups excluding carboxylic acids is 1. The molecule has 0 radical (unpaired) electrons. The lowest BCUT2D eigenvalue weighted by Gasteiger charge is -2.15. The fraction of sp³-hybridized carbons (Fsp3) is 0.333. The third-order valence-corrected chi connectivity index (χ3v) is 3.37. The Hall–Kier alpha value is -2.36. The molecule has 116 valence electrons. The van der Waals surface area contributed by atoms with Crippen molar-refractivity contribution in [3.05, 3.63) is 52.8 Å². The molecule has 0 saturated carbocycles. The van der Waals surface area contributed by atoms with E-state index in [9.17, 15) is 4.79 Å². The van der Waals surface area contributed by atoms with Gasteiger partial charge in [-0.25, -0.2) is 0 Å². The van der Waals surface area contributed by atoms with Crippen molar-refractivity contribution in [3.8, 4) is 5.75 Å². The van der Waals surface area contributed by atoms with E-state index in [1.165, 1.54) is 0 Å². The maximum atomic E-state index is 12.7. The molecule has 4 nitrogen and oxygen atoms in total. The molecule has 0 aliphatic heterocycles. The first-order valence-electron chi connectivity index (χ1n) is 7.51. The van der Waals surface area contributed by atoms with Crippen molar-refractivity contribution in [2.75, 3.05) is 11.9 Å². The van der Waals surface area contributed by atoms with Gasteiger partial charge in [0.2, 0.25) is 0 Å². The number of nitrogens with one attached hydrogen (secondary N) is 1. The molecule has 0 saturated heterocycles. The van der Waals surface area contributed by atoms with Crippen molar-refractivity contribution in [2.24, 2.45) is 0 Å². The standard InChI is InChI=1S/C18H22N2O2/c1-5-10-22-16-11-13(3)19-14(4)17(16)18(21)20-15-9-7-6-8-12(15)2/h6-9,11H,5,10H2,1-4H3,(H,20,21). The predicted molar refractivity (Wildman–Crippen MR) is 88.6 cm³/mol. The molecule has 1 aromatic carbocycles. The highest BCUT2D eigenvalue weighted by molar-refractivity contribution is 6.07. The molecule has 2 rings (SSSR count). The maximum absolute atomic E-state index is 12.7. The van der Waals surface area contributed by atoms with Gasteiger partial charge in [-0.2, -0.15) is 0 Å². The van der Waals surface area contributed by atoms with Crippen molar-refractivity contribution in [1.82, 2.24) is 4.98 Å². The second-order valence-electron chi connectivity index (χ2n) is 5.34. The van der Waals surface area contributed by atoms with Crippen LogP contribution in [0.5, 0.6) is 5.75 Å². The van der Waals surface area contributed by atoms with E-state index in [1.54, 1.807) is 0 Å². The molecule has 0 bridgehead atoms. The highest BCUT2D eigenvalue weighted by Crippen LogP contribution is 2.24. The number of para-hydroxylation sites is 1. The van der Waals surface area contributed by atoms with Gasteiger partial charge in [-0.15, -0.1) is 0 Å². The first-order chi connectivity index (χ1) is 10.5. The van der Waals surface area contributed by atoms with Crippen molar-refractivity contribution in [3.63, 3.8) is 0 Å². The quantitative estimate of drug-likeness (QED) is 0.906. The average Bonchev–Trinajstić information content (AvgIpc) is 2.46. The van der Waals surface area contributed by atoms with Gasteiger partial charge in [0.1, 0.15) is 11.3 Å². The Balaban J connectivity index is 2.34. The summed E-state index contributed by atoms with van der Waals surface area (Å²) in [5, 5.41) is 2.94. The van der Waals surface area contributed by atoms with E-state index in [0.29, 0.717) is 23.6 Å². The monoisotopic (exact) mass is 298 g/mol. The number of anilines is 1. The van der Waals surface area contributed by atoms with Crippen LogP contribution in [-0.2, 0) is 0 Å². The summed E-state index contributed by atoms with van der Waals surface area (Å²) in [6, 6.07) is 9.51. The average molecular weight is 298 g/mol. The summed E-state index contributed by atoms with van der Waals surface area (Å²) in [6.45, 7) is 8.30. The fourth-order valence-corrected chi connectivity index (χ4v) is 2.29. The first-order valence-corrected chi connectivity index (χ1v) is 7.51. The lowest BCUT2D eigenvalue weighted by molar-refractivity contribution is 0.102. The van der Waals surface area contributed by atoms with E-state index >= 15 is 0 Å². The SMILES string of the molecule is CCCOc1cc(C)nc(C)c1C(=O)Nc1ccccc1C. The predicted octanol–water partition coefficient (Wildman–Crippen LogP) is 4.05. The summed E-state index contributed by atoms with van der Waals surface area (Å²) < 4.78 is 5.74. The number of rotatable bonds is 5. The summed E-state index contributed by atoms with van der Waals surface area (Å²) in [4.78, 5) is 17.0. The zero-order chi connectivity index (χ0) is 16.1. The molecule has 1 aromatic heterocycles. The Morgan fingerprint density at radius 3 is 2.64 bits per heavy atom. The van der Waals surface area contributed by atoms with Crippen LogP contribution >= 0.6 is 0 Å². The van der Waals surface area contributed by atoms with Crippen molar-refractivity contribution in [2.45, 2.75) is 34.1 Å². The summed E-state index contributed by atoms with van der Waals surface area (Å²) in [5.41, 5.74) is 3.84. The number of hydrogen-bond acceptors (Lipinski definition) is 3. The number of benzene rings is 1. The Bertz CT molecular complexity index is 681. The second-order valence-corrected chi connectivity index (χ2v) is 5.34. The van der Waals surface area contributed by atoms with Gasteiger partial charge in [0.05, 0.1) is 12.3 Å². The third-order valence-electron chi connectivity index (χ3n) is 3.37. The van der Waals surface area contributed by atoms with Crippen LogP contribution in [0.1, 0.15) is 40.7 Å². The molecule has 0 aliphatic carbocycles. The third kappa shape index (κ3) is 3.64. The van der Waals surface area contributed by atoms with Crippen LogP contribution in [0.3, 0.4) is 0 Å². The topological polar surface area (TPSA) is 51.2 Å². The van der Waals surface area contributed by atoms with Gasteiger partial charge < -0.3 is 10.1 Å². The molecular weight excluding hydrogens is 276 g/mol. The van der Waals surface area contributed by atoms with Crippen LogP contribution in [-0.4, -0.2) is 17.5 Å². The molecule has 0 spiro atoms. The van der Waals surface area contributed by atoms with Crippen LogP contribution in [0.15, 0.2) is 30.3 Å². The van der Waals surface area contributed by atoms with Crippen LogP contribution in [0.2, 0.25) is 0 Å². The summed E-state index contributed by atoms with van der Waals surface area (Å²) in [6.07, 6.45) is 0.888. The second kappa shape index (κ2) is 7.07. The minimum Gasteiger partial charge on any atom is -0.493 e. The first kappa shape index (κ1) is 16.0. The summed E-state index contributed by atoms with van der Waals surface area (Å²) in [5.74, 6) is 0.406. The Kier molecular flexibility index (Phi) is 5.15.